The molecule has 5 heteroatoms. The highest BCUT2D eigenvalue weighted by atomic mass is 19.3. The molecule has 0 bridgehead atoms. The quantitative estimate of drug-likeness (QED) is 0.604. The van der Waals surface area contributed by atoms with Crippen molar-refractivity contribution < 1.29 is 22.3 Å². The highest BCUT2D eigenvalue weighted by Gasteiger charge is 2.50. The Labute approximate surface area is 68.7 Å². The van der Waals surface area contributed by atoms with Crippen LogP contribution in [0.4, 0.5) is 17.6 Å². The molecular formula is C7H12F4O. The summed E-state index contributed by atoms with van der Waals surface area (Å²) in [7, 11) is 0. The van der Waals surface area contributed by atoms with Crippen molar-refractivity contribution >= 4 is 0 Å². The van der Waals surface area contributed by atoms with E-state index in [1.54, 1.807) is 0 Å². The topological polar surface area (TPSA) is 9.23 Å². The Bertz CT molecular complexity index is 154. The summed E-state index contributed by atoms with van der Waals surface area (Å²) in [4.78, 5) is 0. The third kappa shape index (κ3) is 3.38. The van der Waals surface area contributed by atoms with Crippen molar-refractivity contribution in [2.24, 2.45) is 5.41 Å². The van der Waals surface area contributed by atoms with E-state index in [0.717, 1.165) is 20.8 Å². The van der Waals surface area contributed by atoms with Crippen LogP contribution < -0.4 is 0 Å². The van der Waals surface area contributed by atoms with Gasteiger partial charge in [-0.2, -0.15) is 17.6 Å². The fourth-order valence-electron chi connectivity index (χ4n) is 0.378. The molecular weight excluding hydrogens is 176 g/mol. The molecule has 12 heavy (non-hydrogen) atoms. The number of hydrogen-bond acceptors (Lipinski definition) is 1. The van der Waals surface area contributed by atoms with Gasteiger partial charge in [0.2, 0.25) is 0 Å². The van der Waals surface area contributed by atoms with Crippen LogP contribution in [0.2, 0.25) is 0 Å². The summed E-state index contributed by atoms with van der Waals surface area (Å²) in [5.41, 5.74) is -1.63. The van der Waals surface area contributed by atoms with Gasteiger partial charge in [-0.05, 0) is 0 Å². The van der Waals surface area contributed by atoms with Crippen LogP contribution in [0.25, 0.3) is 0 Å². The van der Waals surface area contributed by atoms with Gasteiger partial charge in [-0.1, -0.05) is 20.8 Å². The van der Waals surface area contributed by atoms with Crippen LogP contribution in [0.15, 0.2) is 0 Å². The Morgan fingerprint density at radius 1 is 0.833 bits per heavy atom. The highest BCUT2D eigenvalue weighted by Crippen LogP contribution is 2.40. The standard InChI is InChI=1S/C7H12F4O/c1-5(2,3)7(10,11)12-6(4,8)9/h1-4H3. The van der Waals surface area contributed by atoms with E-state index in [1.165, 1.54) is 0 Å². The molecule has 0 saturated carbocycles. The Balaban J connectivity index is 4.44. The van der Waals surface area contributed by atoms with Gasteiger partial charge < -0.3 is 0 Å². The average molecular weight is 188 g/mol. The minimum atomic E-state index is -3.83. The van der Waals surface area contributed by atoms with Gasteiger partial charge in [-0.25, -0.2) is 0 Å². The molecule has 0 aliphatic heterocycles. The van der Waals surface area contributed by atoms with Crippen LogP contribution in [0.1, 0.15) is 27.7 Å². The molecule has 0 aromatic rings. The Morgan fingerprint density at radius 2 is 1.17 bits per heavy atom. The molecule has 0 radical (unpaired) electrons. The van der Waals surface area contributed by atoms with Crippen LogP contribution in [-0.2, 0) is 4.74 Å². The van der Waals surface area contributed by atoms with Gasteiger partial charge in [-0.15, -0.1) is 0 Å². The van der Waals surface area contributed by atoms with Gasteiger partial charge in [0.25, 0.3) is 0 Å². The molecule has 0 fully saturated rings. The van der Waals surface area contributed by atoms with E-state index >= 15 is 0 Å². The second kappa shape index (κ2) is 2.87. The molecule has 0 saturated heterocycles. The molecule has 0 aliphatic rings. The normalized spacial score (nSPS) is 15.0. The fourth-order valence-corrected chi connectivity index (χ4v) is 0.378. The first kappa shape index (κ1) is 11.7. The molecule has 0 heterocycles. The maximum absolute atomic E-state index is 12.7. The van der Waals surface area contributed by atoms with Crippen LogP contribution in [-0.4, -0.2) is 12.2 Å². The average Bonchev–Trinajstić information content (AvgIpc) is 1.52. The molecule has 0 aromatic carbocycles. The second-order valence-electron chi connectivity index (χ2n) is 3.68. The Morgan fingerprint density at radius 3 is 1.25 bits per heavy atom. The van der Waals surface area contributed by atoms with Crippen molar-refractivity contribution in [1.29, 1.82) is 0 Å². The number of ether oxygens (including phenoxy) is 1. The molecule has 0 amide bonds. The number of rotatable bonds is 2. The summed E-state index contributed by atoms with van der Waals surface area (Å²) < 4.78 is 52.9. The predicted molar refractivity (Wildman–Crippen MR) is 36.1 cm³/mol. The number of halogens is 4. The predicted octanol–water partition coefficient (Wildman–Crippen LogP) is 3.25. The van der Waals surface area contributed by atoms with Gasteiger partial charge in [0.1, 0.15) is 0 Å². The first-order valence-electron chi connectivity index (χ1n) is 3.41. The van der Waals surface area contributed by atoms with Crippen molar-refractivity contribution in [3.05, 3.63) is 0 Å². The number of alkyl halides is 4. The van der Waals surface area contributed by atoms with Gasteiger partial charge >= 0.3 is 12.2 Å². The SMILES string of the molecule is CC(F)(F)OC(F)(F)C(C)(C)C. The van der Waals surface area contributed by atoms with E-state index in [0.29, 0.717) is 0 Å². The largest absolute Gasteiger partial charge is 0.364 e. The van der Waals surface area contributed by atoms with E-state index in [-0.39, 0.29) is 6.92 Å². The van der Waals surface area contributed by atoms with Crippen molar-refractivity contribution in [3.63, 3.8) is 0 Å². The van der Waals surface area contributed by atoms with Crippen LogP contribution in [0.5, 0.6) is 0 Å². The second-order valence-corrected chi connectivity index (χ2v) is 3.68. The van der Waals surface area contributed by atoms with Crippen molar-refractivity contribution in [3.8, 4) is 0 Å². The zero-order chi connectivity index (χ0) is 10.2. The molecule has 0 N–H and O–H groups in total. The Kier molecular flexibility index (Phi) is 2.79. The molecule has 0 aliphatic carbocycles. The third-order valence-electron chi connectivity index (χ3n) is 1.18. The lowest BCUT2D eigenvalue weighted by atomic mass is 9.95. The zero-order valence-electron chi connectivity index (χ0n) is 7.42. The zero-order valence-corrected chi connectivity index (χ0v) is 7.42. The fraction of sp³-hybridized carbons (Fsp3) is 1.00. The minimum Gasteiger partial charge on any atom is -0.255 e. The van der Waals surface area contributed by atoms with Gasteiger partial charge in [0, 0.05) is 6.92 Å². The summed E-state index contributed by atoms with van der Waals surface area (Å²) in [5.74, 6) is 0. The van der Waals surface area contributed by atoms with E-state index in [9.17, 15) is 17.6 Å². The smallest absolute Gasteiger partial charge is 0.255 e. The molecule has 0 aromatic heterocycles. The van der Waals surface area contributed by atoms with Gasteiger partial charge in [-0.3, -0.25) is 4.74 Å². The van der Waals surface area contributed by atoms with Crippen LogP contribution >= 0.6 is 0 Å². The van der Waals surface area contributed by atoms with E-state index in [1.807, 2.05) is 0 Å². The number of hydrogen-bond donors (Lipinski definition) is 0. The summed E-state index contributed by atoms with van der Waals surface area (Å²) in [5, 5.41) is 0. The van der Waals surface area contributed by atoms with Crippen LogP contribution in [0.3, 0.4) is 0 Å². The first-order chi connectivity index (χ1) is 4.96. The molecule has 0 spiro atoms. The van der Waals surface area contributed by atoms with Crippen LogP contribution in [0, 0.1) is 5.41 Å². The lowest BCUT2D eigenvalue weighted by Crippen LogP contribution is -2.41. The maximum atomic E-state index is 12.7. The van der Waals surface area contributed by atoms with E-state index in [2.05, 4.69) is 4.74 Å². The molecule has 74 valence electrons. The molecule has 0 rings (SSSR count). The first-order valence-corrected chi connectivity index (χ1v) is 3.41. The maximum Gasteiger partial charge on any atom is 0.364 e. The summed E-state index contributed by atoms with van der Waals surface area (Å²) in [6.45, 7) is 3.66. The van der Waals surface area contributed by atoms with E-state index < -0.39 is 17.6 Å². The molecule has 0 atom stereocenters. The summed E-state index contributed by atoms with van der Waals surface area (Å²) in [6.07, 6.45) is -7.64. The third-order valence-corrected chi connectivity index (χ3v) is 1.18. The monoisotopic (exact) mass is 188 g/mol. The van der Waals surface area contributed by atoms with Gasteiger partial charge in [0.05, 0.1) is 5.41 Å². The lowest BCUT2D eigenvalue weighted by molar-refractivity contribution is -0.398. The highest BCUT2D eigenvalue weighted by molar-refractivity contribution is 4.73. The van der Waals surface area contributed by atoms with Crippen molar-refractivity contribution in [2.75, 3.05) is 0 Å². The minimum absolute atomic E-state index is 0.284. The van der Waals surface area contributed by atoms with Crippen molar-refractivity contribution in [2.45, 2.75) is 39.9 Å². The summed E-state index contributed by atoms with van der Waals surface area (Å²) in [6, 6.07) is 0. The molecule has 0 unspecified atom stereocenters. The van der Waals surface area contributed by atoms with E-state index in [4.69, 9.17) is 0 Å². The lowest BCUT2D eigenvalue weighted by Gasteiger charge is -2.31. The van der Waals surface area contributed by atoms with Crippen molar-refractivity contribution in [1.82, 2.24) is 0 Å². The van der Waals surface area contributed by atoms with Gasteiger partial charge in [0.15, 0.2) is 0 Å². The molecule has 1 nitrogen and oxygen atoms in total. The summed E-state index contributed by atoms with van der Waals surface area (Å²) >= 11 is 0. The Hall–Kier alpha value is -0.320.